The van der Waals surface area contributed by atoms with Crippen molar-refractivity contribution in [2.24, 2.45) is 0 Å². The fraction of sp³-hybridized carbons (Fsp3) is 0.571. The molecule has 1 aliphatic carbocycles. The molecule has 0 aromatic heterocycles. The van der Waals surface area contributed by atoms with Crippen molar-refractivity contribution in [3.05, 3.63) is 34.3 Å². The minimum atomic E-state index is -0.0284. The molecule has 0 saturated heterocycles. The Hall–Kier alpha value is -0.130. The zero-order valence-electron chi connectivity index (χ0n) is 10.9. The van der Waals surface area contributed by atoms with Gasteiger partial charge in [0.2, 0.25) is 0 Å². The molecule has 1 aromatic rings. The Morgan fingerprint density at radius 1 is 1.26 bits per heavy atom. The topological polar surface area (TPSA) is 27.7 Å². The van der Waals surface area contributed by atoms with Crippen molar-refractivity contribution < 1.29 is 14.2 Å². The average molecular weight is 350 g/mol. The summed E-state index contributed by atoms with van der Waals surface area (Å²) in [5.74, 6) is 0. The minimum absolute atomic E-state index is 0.0284. The van der Waals surface area contributed by atoms with Gasteiger partial charge in [0.15, 0.2) is 0 Å². The van der Waals surface area contributed by atoms with Crippen molar-refractivity contribution in [2.45, 2.75) is 30.6 Å². The lowest BCUT2D eigenvalue weighted by Gasteiger charge is -2.40. The molecule has 0 spiro atoms. The number of alkyl halides is 1. The van der Waals surface area contributed by atoms with Gasteiger partial charge in [-0.05, 0) is 18.1 Å². The second-order valence-corrected chi connectivity index (χ2v) is 5.94. The highest BCUT2D eigenvalue weighted by Crippen LogP contribution is 2.33. The summed E-state index contributed by atoms with van der Waals surface area (Å²) < 4.78 is 17.6. The maximum Gasteiger partial charge on any atom is 0.100 e. The first-order valence-electron chi connectivity index (χ1n) is 6.32. The third-order valence-corrected chi connectivity index (χ3v) is 4.39. The van der Waals surface area contributed by atoms with Gasteiger partial charge in [0.05, 0.1) is 31.3 Å². The zero-order valence-corrected chi connectivity index (χ0v) is 13.2. The Bertz CT molecular complexity index is 402. The highest BCUT2D eigenvalue weighted by Gasteiger charge is 2.41. The van der Waals surface area contributed by atoms with Gasteiger partial charge < -0.3 is 14.2 Å². The summed E-state index contributed by atoms with van der Waals surface area (Å²) in [5.41, 5.74) is 1.14. The van der Waals surface area contributed by atoms with E-state index in [-0.39, 0.29) is 17.6 Å². The molecule has 0 bridgehead atoms. The molecule has 106 valence electrons. The van der Waals surface area contributed by atoms with E-state index in [0.29, 0.717) is 19.8 Å². The van der Waals surface area contributed by atoms with Crippen molar-refractivity contribution in [2.75, 3.05) is 20.3 Å². The van der Waals surface area contributed by atoms with Crippen LogP contribution in [0.2, 0.25) is 0 Å². The molecular formula is C14H18BrClO3. The van der Waals surface area contributed by atoms with E-state index in [9.17, 15) is 0 Å². The summed E-state index contributed by atoms with van der Waals surface area (Å²) >= 11 is 9.66. The second kappa shape index (κ2) is 7.60. The summed E-state index contributed by atoms with van der Waals surface area (Å²) in [5, 5.41) is 0.0427. The van der Waals surface area contributed by atoms with Crippen LogP contribution in [0.5, 0.6) is 0 Å². The van der Waals surface area contributed by atoms with Crippen LogP contribution in [0.4, 0.5) is 0 Å². The van der Waals surface area contributed by atoms with Crippen LogP contribution < -0.4 is 0 Å². The van der Waals surface area contributed by atoms with Crippen LogP contribution in [0.3, 0.4) is 0 Å². The van der Waals surface area contributed by atoms with Gasteiger partial charge in [-0.1, -0.05) is 34.1 Å². The molecule has 3 unspecified atom stereocenters. The Morgan fingerprint density at radius 2 is 2.05 bits per heavy atom. The zero-order chi connectivity index (χ0) is 13.7. The Kier molecular flexibility index (Phi) is 6.10. The summed E-state index contributed by atoms with van der Waals surface area (Å²) in [6.45, 7) is 1.70. The van der Waals surface area contributed by atoms with Gasteiger partial charge in [-0.2, -0.15) is 0 Å². The maximum atomic E-state index is 6.15. The SMILES string of the molecule is COCCOC1C(Cl)CC1OCc1ccccc1Br. The molecule has 2 rings (SSSR count). The Balaban J connectivity index is 1.78. The smallest absolute Gasteiger partial charge is 0.100 e. The van der Waals surface area contributed by atoms with E-state index in [1.165, 1.54) is 0 Å². The fourth-order valence-corrected chi connectivity index (χ4v) is 2.79. The number of ether oxygens (including phenoxy) is 3. The monoisotopic (exact) mass is 348 g/mol. The minimum Gasteiger partial charge on any atom is -0.382 e. The number of rotatable bonds is 7. The first kappa shape index (κ1) is 15.3. The van der Waals surface area contributed by atoms with Gasteiger partial charge in [0.1, 0.15) is 6.10 Å². The van der Waals surface area contributed by atoms with E-state index in [1.54, 1.807) is 7.11 Å². The molecule has 1 aromatic carbocycles. The molecule has 0 aliphatic heterocycles. The lowest BCUT2D eigenvalue weighted by Crippen LogP contribution is -2.51. The standard InChI is InChI=1S/C14H18BrClO3/c1-17-6-7-18-14-12(16)8-13(14)19-9-10-4-2-3-5-11(10)15/h2-5,12-14H,6-9H2,1H3. The Labute approximate surface area is 127 Å². The van der Waals surface area contributed by atoms with Gasteiger partial charge in [-0.3, -0.25) is 0 Å². The van der Waals surface area contributed by atoms with Crippen molar-refractivity contribution in [3.63, 3.8) is 0 Å². The van der Waals surface area contributed by atoms with Crippen LogP contribution in [0.1, 0.15) is 12.0 Å². The summed E-state index contributed by atoms with van der Waals surface area (Å²) in [6, 6.07) is 8.04. The average Bonchev–Trinajstić information content (AvgIpc) is 2.41. The number of hydrogen-bond acceptors (Lipinski definition) is 3. The molecule has 0 amide bonds. The quantitative estimate of drug-likeness (QED) is 0.558. The summed E-state index contributed by atoms with van der Waals surface area (Å²) in [6.07, 6.45) is 0.884. The van der Waals surface area contributed by atoms with Gasteiger partial charge in [0, 0.05) is 11.6 Å². The molecule has 3 atom stereocenters. The van der Waals surface area contributed by atoms with E-state index < -0.39 is 0 Å². The molecule has 0 heterocycles. The van der Waals surface area contributed by atoms with E-state index in [0.717, 1.165) is 16.5 Å². The predicted molar refractivity (Wildman–Crippen MR) is 78.6 cm³/mol. The highest BCUT2D eigenvalue weighted by molar-refractivity contribution is 9.10. The molecule has 3 nitrogen and oxygen atoms in total. The highest BCUT2D eigenvalue weighted by atomic mass is 79.9. The van der Waals surface area contributed by atoms with Crippen molar-refractivity contribution >= 4 is 27.5 Å². The van der Waals surface area contributed by atoms with E-state index in [2.05, 4.69) is 15.9 Å². The normalized spacial score (nSPS) is 26.2. The van der Waals surface area contributed by atoms with E-state index in [4.69, 9.17) is 25.8 Å². The third-order valence-electron chi connectivity index (χ3n) is 3.19. The van der Waals surface area contributed by atoms with Crippen LogP contribution >= 0.6 is 27.5 Å². The lowest BCUT2D eigenvalue weighted by atomic mass is 9.91. The summed E-state index contributed by atoms with van der Waals surface area (Å²) in [4.78, 5) is 0. The molecule has 0 radical (unpaired) electrons. The van der Waals surface area contributed by atoms with Gasteiger partial charge in [-0.25, -0.2) is 0 Å². The van der Waals surface area contributed by atoms with Gasteiger partial charge in [-0.15, -0.1) is 11.6 Å². The van der Waals surface area contributed by atoms with Crippen molar-refractivity contribution in [1.29, 1.82) is 0 Å². The molecule has 5 heteroatoms. The van der Waals surface area contributed by atoms with Gasteiger partial charge in [0.25, 0.3) is 0 Å². The third kappa shape index (κ3) is 4.17. The van der Waals surface area contributed by atoms with Crippen molar-refractivity contribution in [3.8, 4) is 0 Å². The largest absolute Gasteiger partial charge is 0.382 e. The van der Waals surface area contributed by atoms with Gasteiger partial charge >= 0.3 is 0 Å². The number of methoxy groups -OCH3 is 1. The predicted octanol–water partition coefficient (Wildman–Crippen LogP) is 3.38. The molecule has 1 fully saturated rings. The lowest BCUT2D eigenvalue weighted by molar-refractivity contribution is -0.135. The number of halogens is 2. The molecule has 1 saturated carbocycles. The summed E-state index contributed by atoms with van der Waals surface area (Å²) in [7, 11) is 1.66. The number of benzene rings is 1. The van der Waals surface area contributed by atoms with E-state index in [1.807, 2.05) is 24.3 Å². The van der Waals surface area contributed by atoms with Crippen LogP contribution in [0.15, 0.2) is 28.7 Å². The van der Waals surface area contributed by atoms with Crippen LogP contribution in [0, 0.1) is 0 Å². The molecule has 19 heavy (non-hydrogen) atoms. The second-order valence-electron chi connectivity index (χ2n) is 4.52. The first-order chi connectivity index (χ1) is 9.22. The van der Waals surface area contributed by atoms with Crippen molar-refractivity contribution in [1.82, 2.24) is 0 Å². The van der Waals surface area contributed by atoms with Crippen LogP contribution in [-0.4, -0.2) is 37.9 Å². The van der Waals surface area contributed by atoms with Crippen LogP contribution in [0.25, 0.3) is 0 Å². The maximum absolute atomic E-state index is 6.15. The van der Waals surface area contributed by atoms with Crippen LogP contribution in [-0.2, 0) is 20.8 Å². The van der Waals surface area contributed by atoms with E-state index >= 15 is 0 Å². The fourth-order valence-electron chi connectivity index (χ4n) is 1.98. The number of hydrogen-bond donors (Lipinski definition) is 0. The first-order valence-corrected chi connectivity index (χ1v) is 7.55. The molecule has 0 N–H and O–H groups in total. The molecule has 1 aliphatic rings. The molecular weight excluding hydrogens is 332 g/mol. The Morgan fingerprint density at radius 3 is 2.74 bits per heavy atom.